The Bertz CT molecular complexity index is 1490. The predicted octanol–water partition coefficient (Wildman–Crippen LogP) is 3.97. The van der Waals surface area contributed by atoms with Crippen LogP contribution in [-0.2, 0) is 14.3 Å². The van der Waals surface area contributed by atoms with E-state index < -0.39 is 17.6 Å². The normalized spacial score (nSPS) is 17.5. The van der Waals surface area contributed by atoms with Gasteiger partial charge in [0.25, 0.3) is 5.91 Å². The van der Waals surface area contributed by atoms with Crippen molar-refractivity contribution in [2.75, 3.05) is 32.7 Å². The minimum atomic E-state index is -0.707. The first kappa shape index (κ1) is 26.1. The van der Waals surface area contributed by atoms with Gasteiger partial charge >= 0.3 is 6.09 Å². The second-order valence-corrected chi connectivity index (χ2v) is 10.6. The number of hydrogen-bond acceptors (Lipinski definition) is 8. The van der Waals surface area contributed by atoms with Gasteiger partial charge in [0.2, 0.25) is 13.2 Å². The topological polar surface area (TPSA) is 126 Å². The van der Waals surface area contributed by atoms with Crippen molar-refractivity contribution in [3.05, 3.63) is 59.1 Å². The summed E-state index contributed by atoms with van der Waals surface area (Å²) in [6.45, 7) is 5.75. The summed E-state index contributed by atoms with van der Waals surface area (Å²) in [6.07, 6.45) is 2.25. The molecule has 0 aliphatic carbocycles. The smallest absolute Gasteiger partial charge is 0.417 e. The standard InChI is InChI=1S/C25H24N4O5.C3H7NO/c1-25(2,3)34-24(31)29-9-8-15-21(23(29)30)19(13-4-7-17-18(10-13)33-12-32-17)20-14(28-15)5-6-16-22(20)27-11-26-16;1-4(2)3-5/h4-7,10-11,19,28H,8-9,12H2,1-3H3,(H,26,27);3H,1-2H3/t19-;/m0./s1. The fraction of sp³-hybridized carbons (Fsp3) is 0.357. The Morgan fingerprint density at radius 1 is 1.18 bits per heavy atom. The number of hydrogen-bond donors (Lipinski definition) is 2. The van der Waals surface area contributed by atoms with Crippen LogP contribution in [0.15, 0.2) is 47.9 Å². The molecule has 0 saturated heterocycles. The van der Waals surface area contributed by atoms with Crippen molar-refractivity contribution in [1.82, 2.24) is 19.8 Å². The van der Waals surface area contributed by atoms with Gasteiger partial charge in [-0.05, 0) is 50.6 Å². The number of nitrogens with zero attached hydrogens (tertiary/aromatic N) is 3. The first-order chi connectivity index (χ1) is 18.6. The van der Waals surface area contributed by atoms with E-state index in [2.05, 4.69) is 15.3 Å². The van der Waals surface area contributed by atoms with Crippen LogP contribution < -0.4 is 14.8 Å². The lowest BCUT2D eigenvalue weighted by atomic mass is 9.78. The average Bonchev–Trinajstić information content (AvgIpc) is 3.56. The highest BCUT2D eigenvalue weighted by molar-refractivity contribution is 6.07. The van der Waals surface area contributed by atoms with Crippen molar-refractivity contribution >= 4 is 35.1 Å². The molecule has 0 saturated carbocycles. The quantitative estimate of drug-likeness (QED) is 0.474. The van der Waals surface area contributed by atoms with Crippen molar-refractivity contribution in [2.24, 2.45) is 0 Å². The molecule has 4 heterocycles. The van der Waals surface area contributed by atoms with E-state index in [-0.39, 0.29) is 19.2 Å². The molecule has 1 atom stereocenters. The number of imide groups is 1. The number of H-pyrrole nitrogens is 1. The number of amides is 3. The fourth-order valence-corrected chi connectivity index (χ4v) is 4.82. The van der Waals surface area contributed by atoms with E-state index in [4.69, 9.17) is 14.2 Å². The lowest BCUT2D eigenvalue weighted by molar-refractivity contribution is -0.127. The monoisotopic (exact) mass is 533 g/mol. The van der Waals surface area contributed by atoms with Crippen LogP contribution in [0.5, 0.6) is 11.5 Å². The lowest BCUT2D eigenvalue weighted by Crippen LogP contribution is -2.47. The third kappa shape index (κ3) is 4.99. The average molecular weight is 534 g/mol. The number of nitrogens with one attached hydrogen (secondary N) is 2. The molecular formula is C28H31N5O6. The van der Waals surface area contributed by atoms with E-state index in [0.717, 1.165) is 40.0 Å². The number of rotatable bonds is 2. The molecule has 0 fully saturated rings. The summed E-state index contributed by atoms with van der Waals surface area (Å²) in [5, 5.41) is 3.44. The van der Waals surface area contributed by atoms with E-state index in [1.807, 2.05) is 30.3 Å². The van der Waals surface area contributed by atoms with Gasteiger partial charge in [-0.25, -0.2) is 14.7 Å². The van der Waals surface area contributed by atoms with E-state index in [0.29, 0.717) is 23.5 Å². The van der Waals surface area contributed by atoms with Gasteiger partial charge in [0.05, 0.1) is 17.4 Å². The molecule has 3 aliphatic heterocycles. The third-order valence-electron chi connectivity index (χ3n) is 6.43. The van der Waals surface area contributed by atoms with Crippen LogP contribution in [0.1, 0.15) is 44.2 Å². The zero-order valence-electron chi connectivity index (χ0n) is 22.5. The molecule has 3 aliphatic rings. The number of benzene rings is 2. The summed E-state index contributed by atoms with van der Waals surface area (Å²) in [6, 6.07) is 9.64. The highest BCUT2D eigenvalue weighted by atomic mass is 16.7. The zero-order chi connectivity index (χ0) is 27.9. The molecule has 2 aromatic carbocycles. The Kier molecular flexibility index (Phi) is 6.67. The highest BCUT2D eigenvalue weighted by Gasteiger charge is 2.42. The number of imidazole rings is 1. The van der Waals surface area contributed by atoms with Crippen LogP contribution in [0.3, 0.4) is 0 Å². The van der Waals surface area contributed by atoms with Crippen LogP contribution in [0.4, 0.5) is 10.5 Å². The van der Waals surface area contributed by atoms with E-state index in [1.54, 1.807) is 41.2 Å². The van der Waals surface area contributed by atoms with Crippen LogP contribution in [0.2, 0.25) is 0 Å². The predicted molar refractivity (Wildman–Crippen MR) is 143 cm³/mol. The first-order valence-corrected chi connectivity index (χ1v) is 12.6. The Morgan fingerprint density at radius 2 is 1.92 bits per heavy atom. The van der Waals surface area contributed by atoms with Crippen molar-refractivity contribution in [3.63, 3.8) is 0 Å². The molecule has 2 N–H and O–H groups in total. The molecule has 0 spiro atoms. The van der Waals surface area contributed by atoms with Gasteiger partial charge in [-0.3, -0.25) is 9.59 Å². The Labute approximate surface area is 225 Å². The summed E-state index contributed by atoms with van der Waals surface area (Å²) in [5.74, 6) is 0.464. The number of aromatic nitrogens is 2. The molecule has 11 heteroatoms. The van der Waals surface area contributed by atoms with Crippen LogP contribution in [-0.4, -0.2) is 71.2 Å². The second kappa shape index (κ2) is 9.97. The zero-order valence-corrected chi connectivity index (χ0v) is 22.5. The van der Waals surface area contributed by atoms with Gasteiger partial charge in [-0.2, -0.15) is 0 Å². The third-order valence-corrected chi connectivity index (χ3v) is 6.43. The molecular weight excluding hydrogens is 502 g/mol. The fourth-order valence-electron chi connectivity index (χ4n) is 4.82. The molecule has 1 aromatic heterocycles. The number of carbonyl (C=O) groups is 3. The number of ether oxygens (including phenoxy) is 3. The Morgan fingerprint density at radius 3 is 2.64 bits per heavy atom. The van der Waals surface area contributed by atoms with Crippen molar-refractivity contribution in [1.29, 1.82) is 0 Å². The molecule has 39 heavy (non-hydrogen) atoms. The SMILES string of the molecule is CC(C)(C)OC(=O)N1CCC2=C(C1=O)[C@@H](c1ccc3c(c1)OCO3)c1c(ccc3[nH]cnc13)N2.CN(C)C=O. The summed E-state index contributed by atoms with van der Waals surface area (Å²) in [7, 11) is 3.38. The molecule has 0 unspecified atom stereocenters. The Hall–Kier alpha value is -4.54. The van der Waals surface area contributed by atoms with Crippen LogP contribution in [0, 0.1) is 0 Å². The maximum absolute atomic E-state index is 13.8. The molecule has 6 rings (SSSR count). The van der Waals surface area contributed by atoms with Crippen molar-refractivity contribution in [3.8, 4) is 11.5 Å². The first-order valence-electron chi connectivity index (χ1n) is 12.6. The molecule has 0 radical (unpaired) electrons. The largest absolute Gasteiger partial charge is 0.454 e. The van der Waals surface area contributed by atoms with Gasteiger partial charge in [0.1, 0.15) is 5.60 Å². The van der Waals surface area contributed by atoms with Gasteiger partial charge in [0, 0.05) is 55.5 Å². The molecule has 11 nitrogen and oxygen atoms in total. The summed E-state index contributed by atoms with van der Waals surface area (Å²) in [4.78, 5) is 46.5. The Balaban J connectivity index is 0.000000567. The van der Waals surface area contributed by atoms with Crippen LogP contribution >= 0.6 is 0 Å². The van der Waals surface area contributed by atoms with E-state index >= 15 is 0 Å². The van der Waals surface area contributed by atoms with E-state index in [1.165, 1.54) is 9.80 Å². The van der Waals surface area contributed by atoms with Crippen LogP contribution in [0.25, 0.3) is 11.0 Å². The number of carbonyl (C=O) groups excluding carboxylic acids is 3. The second-order valence-electron chi connectivity index (χ2n) is 10.6. The number of anilines is 1. The summed E-state index contributed by atoms with van der Waals surface area (Å²) >= 11 is 0. The lowest BCUT2D eigenvalue weighted by Gasteiger charge is -2.38. The molecule has 3 aromatic rings. The van der Waals surface area contributed by atoms with E-state index in [9.17, 15) is 14.4 Å². The number of aromatic amines is 1. The maximum atomic E-state index is 13.8. The van der Waals surface area contributed by atoms with Gasteiger partial charge < -0.3 is 29.4 Å². The summed E-state index contributed by atoms with van der Waals surface area (Å²) < 4.78 is 16.6. The van der Waals surface area contributed by atoms with Gasteiger partial charge in [-0.15, -0.1) is 0 Å². The minimum absolute atomic E-state index is 0.157. The highest BCUT2D eigenvalue weighted by Crippen LogP contribution is 2.48. The molecule has 3 amide bonds. The molecule has 204 valence electrons. The van der Waals surface area contributed by atoms with Crippen molar-refractivity contribution < 1.29 is 28.6 Å². The maximum Gasteiger partial charge on any atom is 0.417 e. The van der Waals surface area contributed by atoms with Gasteiger partial charge in [-0.1, -0.05) is 6.07 Å². The number of fused-ring (bicyclic) bond motifs is 4. The summed E-state index contributed by atoms with van der Waals surface area (Å²) in [5.41, 5.74) is 4.85. The molecule has 0 bridgehead atoms. The minimum Gasteiger partial charge on any atom is -0.454 e. The van der Waals surface area contributed by atoms with Crippen molar-refractivity contribution in [2.45, 2.75) is 38.7 Å². The van der Waals surface area contributed by atoms with Gasteiger partial charge in [0.15, 0.2) is 11.5 Å².